The van der Waals surface area contributed by atoms with Gasteiger partial charge in [-0.3, -0.25) is 10.0 Å². The SMILES string of the molecule is COc1ccc(-c2nc3ccc(F)cc3o2)cc1NC(=O)NCCCCCC(=O)NO. The van der Waals surface area contributed by atoms with Crippen molar-refractivity contribution in [2.24, 2.45) is 0 Å². The van der Waals surface area contributed by atoms with E-state index < -0.39 is 17.8 Å². The molecule has 0 unspecified atom stereocenters. The first-order chi connectivity index (χ1) is 15.0. The Labute approximate surface area is 177 Å². The number of fused-ring (bicyclic) bond motifs is 1. The number of nitrogens with zero attached hydrogens (tertiary/aromatic N) is 1. The Balaban J connectivity index is 1.61. The van der Waals surface area contributed by atoms with Crippen molar-refractivity contribution < 1.29 is 28.3 Å². The van der Waals surface area contributed by atoms with Gasteiger partial charge in [0.15, 0.2) is 5.58 Å². The van der Waals surface area contributed by atoms with E-state index in [0.29, 0.717) is 53.4 Å². The molecule has 0 saturated heterocycles. The second kappa shape index (κ2) is 10.4. The van der Waals surface area contributed by atoms with Gasteiger partial charge in [0.05, 0.1) is 12.8 Å². The molecule has 0 saturated carbocycles. The highest BCUT2D eigenvalue weighted by molar-refractivity contribution is 5.92. The Bertz CT molecular complexity index is 1070. The number of oxazole rings is 1. The first-order valence-electron chi connectivity index (χ1n) is 9.72. The largest absolute Gasteiger partial charge is 0.495 e. The molecule has 0 radical (unpaired) electrons. The number of methoxy groups -OCH3 is 1. The van der Waals surface area contributed by atoms with E-state index in [-0.39, 0.29) is 6.42 Å². The molecule has 0 aliphatic rings. The maximum Gasteiger partial charge on any atom is 0.319 e. The van der Waals surface area contributed by atoms with E-state index in [9.17, 15) is 14.0 Å². The first-order valence-corrected chi connectivity index (χ1v) is 9.72. The summed E-state index contributed by atoms with van der Waals surface area (Å²) in [6, 6.07) is 8.75. The molecule has 9 nitrogen and oxygen atoms in total. The number of unbranched alkanes of at least 4 members (excludes halogenated alkanes) is 2. The fourth-order valence-electron chi connectivity index (χ4n) is 2.97. The first kappa shape index (κ1) is 22.0. The molecule has 0 fully saturated rings. The van der Waals surface area contributed by atoms with Crippen LogP contribution in [0, 0.1) is 5.82 Å². The van der Waals surface area contributed by atoms with Crippen LogP contribution in [0.5, 0.6) is 5.75 Å². The second-order valence-corrected chi connectivity index (χ2v) is 6.77. The van der Waals surface area contributed by atoms with Crippen LogP contribution in [0.3, 0.4) is 0 Å². The number of hydrogen-bond donors (Lipinski definition) is 4. The number of carbonyl (C=O) groups is 2. The Morgan fingerprint density at radius 3 is 2.77 bits per heavy atom. The van der Waals surface area contributed by atoms with Gasteiger partial charge >= 0.3 is 6.03 Å². The van der Waals surface area contributed by atoms with Crippen LogP contribution in [0.4, 0.5) is 14.9 Å². The van der Waals surface area contributed by atoms with Gasteiger partial charge in [0.1, 0.15) is 17.1 Å². The van der Waals surface area contributed by atoms with Crippen molar-refractivity contribution in [2.75, 3.05) is 19.0 Å². The van der Waals surface area contributed by atoms with Crippen molar-refractivity contribution in [3.8, 4) is 17.2 Å². The predicted octanol–water partition coefficient (Wildman–Crippen LogP) is 3.83. The number of aromatic nitrogens is 1. The van der Waals surface area contributed by atoms with Crippen LogP contribution in [0.25, 0.3) is 22.6 Å². The summed E-state index contributed by atoms with van der Waals surface area (Å²) >= 11 is 0. The summed E-state index contributed by atoms with van der Waals surface area (Å²) < 4.78 is 24.3. The van der Waals surface area contributed by atoms with Gasteiger partial charge in [-0.05, 0) is 43.2 Å². The van der Waals surface area contributed by atoms with Crippen molar-refractivity contribution in [1.29, 1.82) is 0 Å². The average Bonchev–Trinajstić information content (AvgIpc) is 3.19. The molecule has 0 aliphatic carbocycles. The van der Waals surface area contributed by atoms with E-state index in [1.54, 1.807) is 23.7 Å². The molecule has 164 valence electrons. The molecule has 0 bridgehead atoms. The quantitative estimate of drug-likeness (QED) is 0.232. The number of carbonyl (C=O) groups excluding carboxylic acids is 2. The van der Waals surface area contributed by atoms with E-state index in [1.165, 1.54) is 25.3 Å². The minimum Gasteiger partial charge on any atom is -0.495 e. The maximum absolute atomic E-state index is 13.4. The van der Waals surface area contributed by atoms with Gasteiger partial charge < -0.3 is 19.8 Å². The zero-order chi connectivity index (χ0) is 22.2. The highest BCUT2D eigenvalue weighted by Gasteiger charge is 2.13. The van der Waals surface area contributed by atoms with Crippen molar-refractivity contribution >= 4 is 28.7 Å². The molecule has 3 rings (SSSR count). The zero-order valence-electron chi connectivity index (χ0n) is 16.9. The van der Waals surface area contributed by atoms with Crippen molar-refractivity contribution in [2.45, 2.75) is 25.7 Å². The number of urea groups is 1. The van der Waals surface area contributed by atoms with Crippen molar-refractivity contribution in [1.82, 2.24) is 15.8 Å². The molecule has 10 heteroatoms. The number of hydroxylamine groups is 1. The molecular formula is C21H23FN4O5. The van der Waals surface area contributed by atoms with Gasteiger partial charge in [-0.1, -0.05) is 6.42 Å². The minimum atomic E-state index is -0.429. The van der Waals surface area contributed by atoms with Crippen LogP contribution in [-0.2, 0) is 4.79 Å². The molecule has 0 atom stereocenters. The lowest BCUT2D eigenvalue weighted by atomic mass is 10.2. The van der Waals surface area contributed by atoms with Gasteiger partial charge in [0, 0.05) is 24.6 Å². The van der Waals surface area contributed by atoms with Crippen LogP contribution >= 0.6 is 0 Å². The molecule has 1 heterocycles. The highest BCUT2D eigenvalue weighted by atomic mass is 19.1. The normalized spacial score (nSPS) is 10.7. The highest BCUT2D eigenvalue weighted by Crippen LogP contribution is 2.32. The molecule has 3 amide bonds. The molecule has 0 aliphatic heterocycles. The lowest BCUT2D eigenvalue weighted by Gasteiger charge is -2.12. The number of anilines is 1. The van der Waals surface area contributed by atoms with E-state index in [4.69, 9.17) is 14.4 Å². The van der Waals surface area contributed by atoms with E-state index in [0.717, 1.165) is 6.42 Å². The fourth-order valence-corrected chi connectivity index (χ4v) is 2.97. The summed E-state index contributed by atoms with van der Waals surface area (Å²) in [5.41, 5.74) is 3.45. The summed E-state index contributed by atoms with van der Waals surface area (Å²) in [6.07, 6.45) is 2.25. The Morgan fingerprint density at radius 2 is 2.00 bits per heavy atom. The van der Waals surface area contributed by atoms with Crippen molar-refractivity contribution in [3.05, 3.63) is 42.2 Å². The topological polar surface area (TPSA) is 126 Å². The third-order valence-corrected chi connectivity index (χ3v) is 4.54. The molecule has 0 spiro atoms. The van der Waals surface area contributed by atoms with Crippen LogP contribution < -0.4 is 20.9 Å². The number of hydrogen-bond acceptors (Lipinski definition) is 6. The summed E-state index contributed by atoms with van der Waals surface area (Å²) in [6.45, 7) is 0.422. The Kier molecular flexibility index (Phi) is 7.39. The molecule has 3 aromatic rings. The minimum absolute atomic E-state index is 0.231. The van der Waals surface area contributed by atoms with E-state index >= 15 is 0 Å². The number of nitrogens with one attached hydrogen (secondary N) is 3. The molecule has 31 heavy (non-hydrogen) atoms. The number of benzene rings is 2. The summed E-state index contributed by atoms with van der Waals surface area (Å²) in [5, 5.41) is 13.9. The molecule has 4 N–H and O–H groups in total. The smallest absolute Gasteiger partial charge is 0.319 e. The van der Waals surface area contributed by atoms with Crippen LogP contribution in [0.1, 0.15) is 25.7 Å². The van der Waals surface area contributed by atoms with Crippen LogP contribution in [-0.4, -0.2) is 35.8 Å². The van der Waals surface area contributed by atoms with Gasteiger partial charge in [-0.15, -0.1) is 0 Å². The van der Waals surface area contributed by atoms with Gasteiger partial charge in [-0.25, -0.2) is 19.6 Å². The van der Waals surface area contributed by atoms with Gasteiger partial charge in [-0.2, -0.15) is 0 Å². The van der Waals surface area contributed by atoms with Gasteiger partial charge in [0.25, 0.3) is 0 Å². The summed E-state index contributed by atoms with van der Waals surface area (Å²) in [4.78, 5) is 27.5. The number of amides is 3. The third-order valence-electron chi connectivity index (χ3n) is 4.54. The Hall–Kier alpha value is -3.66. The van der Waals surface area contributed by atoms with E-state index in [2.05, 4.69) is 15.6 Å². The monoisotopic (exact) mass is 430 g/mol. The standard InChI is InChI=1S/C21H23FN4O5/c1-30-17-9-6-13(20-24-15-8-7-14(22)12-18(15)31-20)11-16(17)25-21(28)23-10-4-2-3-5-19(27)26-29/h6-9,11-12,29H,2-5,10H2,1H3,(H,26,27)(H2,23,25,28). The second-order valence-electron chi connectivity index (χ2n) is 6.77. The summed E-state index contributed by atoms with van der Waals surface area (Å²) in [5.74, 6) is -0.0999. The molecule has 1 aromatic heterocycles. The zero-order valence-corrected chi connectivity index (χ0v) is 16.9. The summed E-state index contributed by atoms with van der Waals surface area (Å²) in [7, 11) is 1.49. The number of ether oxygens (including phenoxy) is 1. The number of halogens is 1. The van der Waals surface area contributed by atoms with Gasteiger partial charge in [0.2, 0.25) is 11.8 Å². The predicted molar refractivity (Wildman–Crippen MR) is 111 cm³/mol. The third kappa shape index (κ3) is 5.92. The Morgan fingerprint density at radius 1 is 1.16 bits per heavy atom. The van der Waals surface area contributed by atoms with E-state index in [1.807, 2.05) is 0 Å². The molecular weight excluding hydrogens is 407 g/mol. The van der Waals surface area contributed by atoms with Crippen LogP contribution in [0.2, 0.25) is 0 Å². The lowest BCUT2D eigenvalue weighted by molar-refractivity contribution is -0.129. The fraction of sp³-hybridized carbons (Fsp3) is 0.286. The van der Waals surface area contributed by atoms with Crippen molar-refractivity contribution in [3.63, 3.8) is 0 Å². The number of rotatable bonds is 9. The molecule has 2 aromatic carbocycles. The maximum atomic E-state index is 13.4. The average molecular weight is 430 g/mol. The lowest BCUT2D eigenvalue weighted by Crippen LogP contribution is -2.29. The van der Waals surface area contributed by atoms with Crippen LogP contribution in [0.15, 0.2) is 40.8 Å².